The molecule has 3 aromatic rings. The molecule has 3 N–H and O–H groups in total. The number of aromatic nitrogens is 2. The Morgan fingerprint density at radius 2 is 1.48 bits per heavy atom. The largest absolute Gasteiger partial charge is 0.382 e. The highest BCUT2D eigenvalue weighted by Gasteiger charge is 2.16. The fourth-order valence-electron chi connectivity index (χ4n) is 2.83. The molecule has 3 rings (SSSR count). The highest BCUT2D eigenvalue weighted by atomic mass is 16.1. The van der Waals surface area contributed by atoms with Crippen molar-refractivity contribution in [1.29, 1.82) is 0 Å². The van der Waals surface area contributed by atoms with Crippen molar-refractivity contribution in [1.82, 2.24) is 15.3 Å². The Labute approximate surface area is 146 Å². The van der Waals surface area contributed by atoms with Gasteiger partial charge in [-0.1, -0.05) is 60.7 Å². The van der Waals surface area contributed by atoms with E-state index in [0.29, 0.717) is 6.54 Å². The molecule has 0 spiro atoms. The third-order valence-corrected chi connectivity index (χ3v) is 4.06. The summed E-state index contributed by atoms with van der Waals surface area (Å²) >= 11 is 0. The minimum absolute atomic E-state index is 0.141. The first-order valence-electron chi connectivity index (χ1n) is 8.20. The van der Waals surface area contributed by atoms with E-state index in [2.05, 4.69) is 39.6 Å². The fraction of sp³-hybridized carbons (Fsp3) is 0.150. The van der Waals surface area contributed by atoms with E-state index in [1.54, 1.807) is 0 Å². The summed E-state index contributed by atoms with van der Waals surface area (Å²) in [5, 5.41) is 2.89. The van der Waals surface area contributed by atoms with E-state index in [1.807, 2.05) is 36.4 Å². The summed E-state index contributed by atoms with van der Waals surface area (Å²) in [6.45, 7) is 0.517. The second kappa shape index (κ2) is 8.06. The van der Waals surface area contributed by atoms with Crippen LogP contribution < -0.4 is 11.1 Å². The number of carbonyl (C=O) groups is 1. The molecule has 1 heterocycles. The lowest BCUT2D eigenvalue weighted by atomic mass is 9.88. The summed E-state index contributed by atoms with van der Waals surface area (Å²) in [7, 11) is 0. The van der Waals surface area contributed by atoms with Gasteiger partial charge in [-0.2, -0.15) is 0 Å². The second-order valence-corrected chi connectivity index (χ2v) is 5.71. The number of benzene rings is 2. The van der Waals surface area contributed by atoms with Crippen LogP contribution in [0.25, 0.3) is 0 Å². The van der Waals surface area contributed by atoms with E-state index in [0.717, 1.165) is 6.42 Å². The highest BCUT2D eigenvalue weighted by molar-refractivity contribution is 5.96. The van der Waals surface area contributed by atoms with Crippen LogP contribution in [0.15, 0.2) is 73.1 Å². The van der Waals surface area contributed by atoms with Gasteiger partial charge in [0.25, 0.3) is 5.91 Å². The number of anilines is 1. The van der Waals surface area contributed by atoms with Crippen LogP contribution in [0.2, 0.25) is 0 Å². The maximum atomic E-state index is 12.2. The van der Waals surface area contributed by atoms with Crippen LogP contribution in [-0.4, -0.2) is 22.4 Å². The van der Waals surface area contributed by atoms with Crippen molar-refractivity contribution < 1.29 is 4.79 Å². The predicted octanol–water partition coefficient (Wildman–Crippen LogP) is 3.01. The molecule has 0 saturated carbocycles. The number of hydrogen-bond donors (Lipinski definition) is 2. The summed E-state index contributed by atoms with van der Waals surface area (Å²) in [4.78, 5) is 20.1. The van der Waals surface area contributed by atoms with Crippen LogP contribution in [0.1, 0.15) is 34.0 Å². The number of rotatable bonds is 6. The van der Waals surface area contributed by atoms with Gasteiger partial charge in [0.15, 0.2) is 11.5 Å². The fourth-order valence-corrected chi connectivity index (χ4v) is 2.83. The Balaban J connectivity index is 1.70. The first-order valence-corrected chi connectivity index (χ1v) is 8.20. The molecule has 126 valence electrons. The van der Waals surface area contributed by atoms with Crippen molar-refractivity contribution >= 4 is 11.7 Å². The first kappa shape index (κ1) is 16.6. The molecule has 2 aromatic carbocycles. The van der Waals surface area contributed by atoms with Crippen LogP contribution in [0.4, 0.5) is 5.82 Å². The molecule has 5 nitrogen and oxygen atoms in total. The molecule has 0 aliphatic heterocycles. The Bertz CT molecular complexity index is 782. The zero-order valence-electron chi connectivity index (χ0n) is 13.8. The Kier molecular flexibility index (Phi) is 5.36. The van der Waals surface area contributed by atoms with Crippen LogP contribution in [0, 0.1) is 0 Å². The third-order valence-electron chi connectivity index (χ3n) is 4.06. The smallest absolute Gasteiger partial charge is 0.273 e. The van der Waals surface area contributed by atoms with Gasteiger partial charge in [-0.25, -0.2) is 9.97 Å². The van der Waals surface area contributed by atoms with Gasteiger partial charge >= 0.3 is 0 Å². The molecule has 25 heavy (non-hydrogen) atoms. The summed E-state index contributed by atoms with van der Waals surface area (Å²) < 4.78 is 0. The van der Waals surface area contributed by atoms with Gasteiger partial charge in [-0.3, -0.25) is 4.79 Å². The van der Waals surface area contributed by atoms with Crippen LogP contribution >= 0.6 is 0 Å². The number of nitrogen functional groups attached to an aromatic ring is 1. The molecule has 5 heteroatoms. The number of nitrogens with zero attached hydrogens (tertiary/aromatic N) is 2. The van der Waals surface area contributed by atoms with E-state index in [1.165, 1.54) is 23.5 Å². The monoisotopic (exact) mass is 332 g/mol. The van der Waals surface area contributed by atoms with Crippen molar-refractivity contribution in [2.24, 2.45) is 0 Å². The first-order chi connectivity index (χ1) is 12.3. The van der Waals surface area contributed by atoms with E-state index >= 15 is 0 Å². The lowest BCUT2D eigenvalue weighted by Gasteiger charge is -2.18. The molecule has 0 aliphatic rings. The van der Waals surface area contributed by atoms with Gasteiger partial charge in [0, 0.05) is 24.9 Å². The molecule has 0 saturated heterocycles. The van der Waals surface area contributed by atoms with Crippen molar-refractivity contribution in [3.63, 3.8) is 0 Å². The summed E-state index contributed by atoms with van der Waals surface area (Å²) in [6.07, 6.45) is 3.70. The van der Waals surface area contributed by atoms with Gasteiger partial charge in [-0.15, -0.1) is 0 Å². The average molecular weight is 332 g/mol. The van der Waals surface area contributed by atoms with Gasteiger partial charge in [-0.05, 0) is 17.5 Å². The minimum Gasteiger partial charge on any atom is -0.382 e. The maximum absolute atomic E-state index is 12.2. The van der Waals surface area contributed by atoms with Gasteiger partial charge in [0.1, 0.15) is 0 Å². The molecule has 0 radical (unpaired) electrons. The van der Waals surface area contributed by atoms with Gasteiger partial charge < -0.3 is 11.1 Å². The number of nitrogens with two attached hydrogens (primary N) is 1. The molecule has 0 bridgehead atoms. The van der Waals surface area contributed by atoms with E-state index in [4.69, 9.17) is 5.73 Å². The second-order valence-electron chi connectivity index (χ2n) is 5.71. The molecule has 0 unspecified atom stereocenters. The van der Waals surface area contributed by atoms with Gasteiger partial charge in [0.2, 0.25) is 0 Å². The van der Waals surface area contributed by atoms with E-state index in [-0.39, 0.29) is 23.3 Å². The highest BCUT2D eigenvalue weighted by Crippen LogP contribution is 2.27. The van der Waals surface area contributed by atoms with Crippen molar-refractivity contribution in [2.75, 3.05) is 12.3 Å². The maximum Gasteiger partial charge on any atom is 0.273 e. The molecule has 1 amide bonds. The average Bonchev–Trinajstić information content (AvgIpc) is 2.67. The summed E-state index contributed by atoms with van der Waals surface area (Å²) in [5.41, 5.74) is 8.31. The Hall–Kier alpha value is -3.21. The van der Waals surface area contributed by atoms with E-state index < -0.39 is 0 Å². The van der Waals surface area contributed by atoms with Gasteiger partial charge in [0.05, 0.1) is 0 Å². The Morgan fingerprint density at radius 3 is 2.04 bits per heavy atom. The Morgan fingerprint density at radius 1 is 0.920 bits per heavy atom. The molecule has 0 atom stereocenters. The minimum atomic E-state index is -0.300. The van der Waals surface area contributed by atoms with Crippen molar-refractivity contribution in [2.45, 2.75) is 12.3 Å². The normalized spacial score (nSPS) is 10.6. The molecule has 1 aromatic heterocycles. The van der Waals surface area contributed by atoms with Crippen molar-refractivity contribution in [3.05, 3.63) is 89.9 Å². The lowest BCUT2D eigenvalue weighted by molar-refractivity contribution is 0.0948. The number of carbonyl (C=O) groups excluding carboxylic acids is 1. The van der Waals surface area contributed by atoms with Crippen molar-refractivity contribution in [3.8, 4) is 0 Å². The van der Waals surface area contributed by atoms with Crippen LogP contribution in [0.5, 0.6) is 0 Å². The quantitative estimate of drug-likeness (QED) is 0.727. The molecule has 0 aliphatic carbocycles. The number of amides is 1. The SMILES string of the molecule is Nc1nccnc1C(=O)NCCC(c1ccccc1)c1ccccc1. The summed E-state index contributed by atoms with van der Waals surface area (Å²) in [5.74, 6) is 0.0510. The lowest BCUT2D eigenvalue weighted by Crippen LogP contribution is -2.27. The molecular weight excluding hydrogens is 312 g/mol. The van der Waals surface area contributed by atoms with Crippen LogP contribution in [-0.2, 0) is 0 Å². The topological polar surface area (TPSA) is 80.9 Å². The third kappa shape index (κ3) is 4.20. The zero-order valence-corrected chi connectivity index (χ0v) is 13.8. The standard InChI is InChI=1S/C20H20N4O/c21-19-18(22-13-14-23-19)20(25)24-12-11-17(15-7-3-1-4-8-15)16-9-5-2-6-10-16/h1-10,13-14,17H,11-12H2,(H2,21,23)(H,24,25). The van der Waals surface area contributed by atoms with Crippen LogP contribution in [0.3, 0.4) is 0 Å². The molecular formula is C20H20N4O. The number of hydrogen-bond acceptors (Lipinski definition) is 4. The van der Waals surface area contributed by atoms with E-state index in [9.17, 15) is 4.79 Å². The summed E-state index contributed by atoms with van der Waals surface area (Å²) in [6, 6.07) is 20.6. The zero-order chi connectivity index (χ0) is 17.5. The molecule has 0 fully saturated rings. The number of nitrogens with one attached hydrogen (secondary N) is 1. The predicted molar refractivity (Wildman–Crippen MR) is 98.1 cm³/mol.